The van der Waals surface area contributed by atoms with Crippen molar-refractivity contribution in [2.24, 2.45) is 0 Å². The molecule has 1 rings (SSSR count). The van der Waals surface area contributed by atoms with Crippen LogP contribution in [0.4, 0.5) is 5.69 Å². The van der Waals surface area contributed by atoms with Crippen molar-refractivity contribution in [3.05, 3.63) is 23.0 Å². The molecule has 0 aliphatic heterocycles. The van der Waals surface area contributed by atoms with Crippen LogP contribution in [0, 0.1) is 13.8 Å². The van der Waals surface area contributed by atoms with E-state index in [4.69, 9.17) is 10.5 Å². The summed E-state index contributed by atoms with van der Waals surface area (Å²) in [6.07, 6.45) is 2.01. The van der Waals surface area contributed by atoms with Crippen molar-refractivity contribution in [3.63, 3.8) is 0 Å². The second kappa shape index (κ2) is 4.42. The molecule has 3 heteroatoms. The zero-order chi connectivity index (χ0) is 10.7. The Hall–Kier alpha value is -1.09. The van der Waals surface area contributed by atoms with E-state index in [-0.39, 0.29) is 6.10 Å². The van der Waals surface area contributed by atoms with E-state index in [1.807, 2.05) is 27.7 Å². The van der Waals surface area contributed by atoms with Crippen molar-refractivity contribution in [3.8, 4) is 0 Å². The van der Waals surface area contributed by atoms with Crippen LogP contribution in [0.5, 0.6) is 0 Å². The average Bonchev–Trinajstić information content (AvgIpc) is 2.13. The standard InChI is InChI=1S/C11H18N2O/c1-7(2)14-6-10-9(4)11(12)8(3)5-13-10/h5,7H,6H2,1-4H3,(H2,12,13). The molecule has 0 unspecified atom stereocenters. The van der Waals surface area contributed by atoms with Gasteiger partial charge in [0, 0.05) is 11.9 Å². The summed E-state index contributed by atoms with van der Waals surface area (Å²) >= 11 is 0. The topological polar surface area (TPSA) is 48.1 Å². The fourth-order valence-electron chi connectivity index (χ4n) is 1.18. The van der Waals surface area contributed by atoms with E-state index in [2.05, 4.69) is 4.98 Å². The molecule has 0 bridgehead atoms. The molecule has 1 aromatic heterocycles. The number of rotatable bonds is 3. The lowest BCUT2D eigenvalue weighted by atomic mass is 10.1. The molecule has 0 saturated carbocycles. The van der Waals surface area contributed by atoms with Gasteiger partial charge in [-0.3, -0.25) is 4.98 Å². The van der Waals surface area contributed by atoms with Crippen LogP contribution in [0.15, 0.2) is 6.20 Å². The normalized spacial score (nSPS) is 10.9. The molecule has 3 nitrogen and oxygen atoms in total. The molecule has 0 aliphatic carbocycles. The number of aromatic nitrogens is 1. The molecule has 0 aromatic carbocycles. The van der Waals surface area contributed by atoms with Gasteiger partial charge in [-0.1, -0.05) is 0 Å². The van der Waals surface area contributed by atoms with Crippen LogP contribution in [-0.4, -0.2) is 11.1 Å². The van der Waals surface area contributed by atoms with Crippen LogP contribution in [-0.2, 0) is 11.3 Å². The molecule has 1 aromatic rings. The number of nitrogens with two attached hydrogens (primary N) is 1. The zero-order valence-electron chi connectivity index (χ0n) is 9.29. The minimum Gasteiger partial charge on any atom is -0.398 e. The third-order valence-electron chi connectivity index (χ3n) is 2.23. The number of pyridine rings is 1. The molecule has 0 saturated heterocycles. The SMILES string of the molecule is Cc1cnc(COC(C)C)c(C)c1N. The summed E-state index contributed by atoms with van der Waals surface area (Å²) in [4.78, 5) is 4.31. The molecule has 0 fully saturated rings. The molecule has 0 radical (unpaired) electrons. The lowest BCUT2D eigenvalue weighted by Crippen LogP contribution is -2.07. The Morgan fingerprint density at radius 1 is 1.43 bits per heavy atom. The smallest absolute Gasteiger partial charge is 0.0894 e. The molecular weight excluding hydrogens is 176 g/mol. The predicted octanol–water partition coefficient (Wildman–Crippen LogP) is 2.21. The first-order valence-corrected chi connectivity index (χ1v) is 4.84. The third-order valence-corrected chi connectivity index (χ3v) is 2.23. The highest BCUT2D eigenvalue weighted by Crippen LogP contribution is 2.18. The monoisotopic (exact) mass is 194 g/mol. The number of hydrogen-bond acceptors (Lipinski definition) is 3. The van der Waals surface area contributed by atoms with Crippen molar-refractivity contribution >= 4 is 5.69 Å². The predicted molar refractivity (Wildman–Crippen MR) is 58.0 cm³/mol. The summed E-state index contributed by atoms with van der Waals surface area (Å²) in [5.74, 6) is 0. The minimum absolute atomic E-state index is 0.221. The fraction of sp³-hybridized carbons (Fsp3) is 0.545. The highest BCUT2D eigenvalue weighted by Gasteiger charge is 2.06. The lowest BCUT2D eigenvalue weighted by Gasteiger charge is -2.11. The van der Waals surface area contributed by atoms with Crippen LogP contribution in [0.1, 0.15) is 30.7 Å². The minimum atomic E-state index is 0.221. The Morgan fingerprint density at radius 3 is 2.64 bits per heavy atom. The summed E-state index contributed by atoms with van der Waals surface area (Å²) in [5, 5.41) is 0. The summed E-state index contributed by atoms with van der Waals surface area (Å²) in [5.41, 5.74) is 9.70. The van der Waals surface area contributed by atoms with E-state index in [9.17, 15) is 0 Å². The molecule has 0 spiro atoms. The fourth-order valence-corrected chi connectivity index (χ4v) is 1.18. The van der Waals surface area contributed by atoms with Crippen molar-refractivity contribution < 1.29 is 4.74 Å². The Balaban J connectivity index is 2.83. The van der Waals surface area contributed by atoms with Gasteiger partial charge in [0.1, 0.15) is 0 Å². The Bertz CT molecular complexity index is 321. The van der Waals surface area contributed by atoms with E-state index in [0.717, 1.165) is 22.5 Å². The van der Waals surface area contributed by atoms with Crippen molar-refractivity contribution in [2.45, 2.75) is 40.4 Å². The molecule has 0 aliphatic rings. The van der Waals surface area contributed by atoms with Crippen molar-refractivity contribution in [1.29, 1.82) is 0 Å². The second-order valence-electron chi connectivity index (χ2n) is 3.79. The number of anilines is 1. The van der Waals surface area contributed by atoms with Gasteiger partial charge in [-0.2, -0.15) is 0 Å². The van der Waals surface area contributed by atoms with Gasteiger partial charge in [-0.05, 0) is 38.8 Å². The van der Waals surface area contributed by atoms with E-state index in [1.54, 1.807) is 6.20 Å². The summed E-state index contributed by atoms with van der Waals surface area (Å²) in [7, 11) is 0. The first kappa shape index (κ1) is 11.0. The third kappa shape index (κ3) is 2.45. The van der Waals surface area contributed by atoms with Crippen LogP contribution in [0.3, 0.4) is 0 Å². The molecule has 1 heterocycles. The van der Waals surface area contributed by atoms with Crippen LogP contribution in [0.2, 0.25) is 0 Å². The molecular formula is C11H18N2O. The van der Waals surface area contributed by atoms with Gasteiger partial charge in [0.25, 0.3) is 0 Å². The summed E-state index contributed by atoms with van der Waals surface area (Å²) in [6.45, 7) is 8.49. The molecule has 0 amide bonds. The zero-order valence-corrected chi connectivity index (χ0v) is 9.29. The summed E-state index contributed by atoms with van der Waals surface area (Å²) < 4.78 is 5.49. The maximum atomic E-state index is 5.89. The molecule has 0 atom stereocenters. The maximum absolute atomic E-state index is 5.89. The van der Waals surface area contributed by atoms with Gasteiger partial charge in [0.05, 0.1) is 18.4 Å². The highest BCUT2D eigenvalue weighted by molar-refractivity contribution is 5.53. The number of nitrogens with zero attached hydrogens (tertiary/aromatic N) is 1. The van der Waals surface area contributed by atoms with Gasteiger partial charge in [-0.15, -0.1) is 0 Å². The van der Waals surface area contributed by atoms with E-state index in [0.29, 0.717) is 6.61 Å². The van der Waals surface area contributed by atoms with Gasteiger partial charge in [-0.25, -0.2) is 0 Å². The van der Waals surface area contributed by atoms with Crippen molar-refractivity contribution in [1.82, 2.24) is 4.98 Å². The second-order valence-corrected chi connectivity index (χ2v) is 3.79. The Morgan fingerprint density at radius 2 is 2.07 bits per heavy atom. The average molecular weight is 194 g/mol. The number of aryl methyl sites for hydroxylation is 1. The number of hydrogen-bond donors (Lipinski definition) is 1. The largest absolute Gasteiger partial charge is 0.398 e. The van der Waals surface area contributed by atoms with E-state index in [1.165, 1.54) is 0 Å². The van der Waals surface area contributed by atoms with Crippen LogP contribution >= 0.6 is 0 Å². The van der Waals surface area contributed by atoms with Gasteiger partial charge in [0.2, 0.25) is 0 Å². The lowest BCUT2D eigenvalue weighted by molar-refractivity contribution is 0.0633. The number of nitrogen functional groups attached to an aromatic ring is 1. The molecule has 2 N–H and O–H groups in total. The molecule has 78 valence electrons. The van der Waals surface area contributed by atoms with Gasteiger partial charge in [0.15, 0.2) is 0 Å². The van der Waals surface area contributed by atoms with Crippen molar-refractivity contribution in [2.75, 3.05) is 5.73 Å². The summed E-state index contributed by atoms with van der Waals surface area (Å²) in [6, 6.07) is 0. The Kier molecular flexibility index (Phi) is 3.47. The van der Waals surface area contributed by atoms with Crippen LogP contribution < -0.4 is 5.73 Å². The first-order valence-electron chi connectivity index (χ1n) is 4.84. The quantitative estimate of drug-likeness (QED) is 0.802. The van der Waals surface area contributed by atoms with E-state index >= 15 is 0 Å². The number of ether oxygens (including phenoxy) is 1. The highest BCUT2D eigenvalue weighted by atomic mass is 16.5. The van der Waals surface area contributed by atoms with Gasteiger partial charge < -0.3 is 10.5 Å². The molecule has 14 heavy (non-hydrogen) atoms. The van der Waals surface area contributed by atoms with Crippen LogP contribution in [0.25, 0.3) is 0 Å². The van der Waals surface area contributed by atoms with E-state index < -0.39 is 0 Å². The Labute approximate surface area is 85.3 Å². The first-order chi connectivity index (χ1) is 6.52. The maximum Gasteiger partial charge on any atom is 0.0894 e. The van der Waals surface area contributed by atoms with Gasteiger partial charge >= 0.3 is 0 Å².